The van der Waals surface area contributed by atoms with E-state index in [4.69, 9.17) is 5.73 Å². The normalized spacial score (nSPS) is 13.0. The third-order valence-electron chi connectivity index (χ3n) is 2.42. The second kappa shape index (κ2) is 4.61. The minimum atomic E-state index is 0.0630. The summed E-state index contributed by atoms with van der Waals surface area (Å²) < 4.78 is 0. The zero-order valence-corrected chi connectivity index (χ0v) is 11.3. The van der Waals surface area contributed by atoms with Crippen LogP contribution in [0.3, 0.4) is 0 Å². The average Bonchev–Trinajstić information content (AvgIpc) is 2.83. The third-order valence-corrected chi connectivity index (χ3v) is 4.49. The van der Waals surface area contributed by atoms with Crippen LogP contribution < -0.4 is 5.73 Å². The summed E-state index contributed by atoms with van der Waals surface area (Å²) in [6.07, 6.45) is 0.924. The van der Waals surface area contributed by atoms with E-state index in [1.807, 2.05) is 13.8 Å². The van der Waals surface area contributed by atoms with Crippen molar-refractivity contribution in [2.45, 2.75) is 33.2 Å². The van der Waals surface area contributed by atoms with Crippen LogP contribution in [-0.2, 0) is 0 Å². The largest absolute Gasteiger partial charge is 0.322 e. The average molecular weight is 253 g/mol. The number of aryl methyl sites for hydroxylation is 2. The van der Waals surface area contributed by atoms with Crippen molar-refractivity contribution < 1.29 is 0 Å². The molecular weight excluding hydrogens is 238 g/mol. The van der Waals surface area contributed by atoms with Gasteiger partial charge in [-0.15, -0.1) is 22.7 Å². The molecule has 5 heteroatoms. The first-order chi connectivity index (χ1) is 7.61. The maximum absolute atomic E-state index is 5.96. The number of hydrogen-bond donors (Lipinski definition) is 1. The Hall–Kier alpha value is -0.780. The number of hydrogen-bond acceptors (Lipinski definition) is 5. The third kappa shape index (κ3) is 2.16. The minimum absolute atomic E-state index is 0.0630. The summed E-state index contributed by atoms with van der Waals surface area (Å²) >= 11 is 3.33. The number of thiazole rings is 2. The number of nitrogens with zero attached hydrogens (tertiary/aromatic N) is 2. The molecule has 16 heavy (non-hydrogen) atoms. The van der Waals surface area contributed by atoms with E-state index in [0.29, 0.717) is 0 Å². The Morgan fingerprint density at radius 2 is 2.12 bits per heavy atom. The van der Waals surface area contributed by atoms with Gasteiger partial charge in [-0.2, -0.15) is 0 Å². The molecule has 2 rings (SSSR count). The highest BCUT2D eigenvalue weighted by molar-refractivity contribution is 7.16. The second-order valence-electron chi connectivity index (χ2n) is 3.73. The lowest BCUT2D eigenvalue weighted by Crippen LogP contribution is -2.07. The quantitative estimate of drug-likeness (QED) is 0.913. The monoisotopic (exact) mass is 253 g/mol. The lowest BCUT2D eigenvalue weighted by Gasteiger charge is -2.02. The maximum Gasteiger partial charge on any atom is 0.110 e. The van der Waals surface area contributed by atoms with Gasteiger partial charge in [-0.1, -0.05) is 6.92 Å². The first kappa shape index (κ1) is 11.7. The number of aromatic nitrogens is 2. The Morgan fingerprint density at radius 3 is 2.69 bits per heavy atom. The summed E-state index contributed by atoms with van der Waals surface area (Å²) in [6, 6.07) is 0.0630. The summed E-state index contributed by atoms with van der Waals surface area (Å²) in [5, 5.41) is 4.18. The molecule has 2 N–H and O–H groups in total. The Kier molecular flexibility index (Phi) is 3.37. The van der Waals surface area contributed by atoms with Gasteiger partial charge in [0.15, 0.2) is 0 Å². The molecule has 2 heterocycles. The summed E-state index contributed by atoms with van der Waals surface area (Å²) in [7, 11) is 0. The Balaban J connectivity index is 2.35. The van der Waals surface area contributed by atoms with Gasteiger partial charge in [-0.05, 0) is 20.3 Å². The molecule has 0 radical (unpaired) electrons. The molecule has 0 aromatic carbocycles. The Morgan fingerprint density at radius 1 is 1.38 bits per heavy atom. The fraction of sp³-hybridized carbons (Fsp3) is 0.455. The predicted molar refractivity (Wildman–Crippen MR) is 69.9 cm³/mol. The molecule has 0 aliphatic rings. The van der Waals surface area contributed by atoms with Gasteiger partial charge in [0.05, 0.1) is 27.3 Å². The summed E-state index contributed by atoms with van der Waals surface area (Å²) in [5.41, 5.74) is 8.04. The highest BCUT2D eigenvalue weighted by atomic mass is 32.1. The highest BCUT2D eigenvalue weighted by Crippen LogP contribution is 2.32. The SMILES string of the molecule is CCC(N)c1nc(-c2sc(C)nc2C)cs1. The van der Waals surface area contributed by atoms with Crippen molar-refractivity contribution in [2.24, 2.45) is 5.73 Å². The fourth-order valence-electron chi connectivity index (χ4n) is 1.51. The van der Waals surface area contributed by atoms with Gasteiger partial charge < -0.3 is 5.73 Å². The summed E-state index contributed by atoms with van der Waals surface area (Å²) in [6.45, 7) is 6.12. The van der Waals surface area contributed by atoms with Crippen LogP contribution in [0.5, 0.6) is 0 Å². The minimum Gasteiger partial charge on any atom is -0.322 e. The molecular formula is C11H15N3S2. The van der Waals surface area contributed by atoms with E-state index in [1.165, 1.54) is 4.88 Å². The van der Waals surface area contributed by atoms with E-state index in [1.54, 1.807) is 22.7 Å². The van der Waals surface area contributed by atoms with Crippen LogP contribution in [0.15, 0.2) is 5.38 Å². The zero-order chi connectivity index (χ0) is 11.7. The van der Waals surface area contributed by atoms with Crippen LogP contribution in [0, 0.1) is 13.8 Å². The number of nitrogens with two attached hydrogens (primary N) is 1. The van der Waals surface area contributed by atoms with E-state index >= 15 is 0 Å². The topological polar surface area (TPSA) is 51.8 Å². The van der Waals surface area contributed by atoms with Crippen LogP contribution >= 0.6 is 22.7 Å². The Labute approximate surface area is 103 Å². The van der Waals surface area contributed by atoms with Crippen molar-refractivity contribution in [3.63, 3.8) is 0 Å². The van der Waals surface area contributed by atoms with E-state index < -0.39 is 0 Å². The highest BCUT2D eigenvalue weighted by Gasteiger charge is 2.13. The molecule has 0 spiro atoms. The molecule has 0 saturated heterocycles. The Bertz CT molecular complexity index is 487. The predicted octanol–water partition coefficient (Wildman–Crippen LogP) is 3.29. The first-order valence-electron chi connectivity index (χ1n) is 5.27. The van der Waals surface area contributed by atoms with Crippen molar-refractivity contribution in [2.75, 3.05) is 0 Å². The van der Waals surface area contributed by atoms with Gasteiger partial charge in [0.2, 0.25) is 0 Å². The van der Waals surface area contributed by atoms with Crippen molar-refractivity contribution in [3.05, 3.63) is 21.1 Å². The van der Waals surface area contributed by atoms with E-state index in [9.17, 15) is 0 Å². The maximum atomic E-state index is 5.96. The van der Waals surface area contributed by atoms with Gasteiger partial charge >= 0.3 is 0 Å². The summed E-state index contributed by atoms with van der Waals surface area (Å²) in [5.74, 6) is 0. The van der Waals surface area contributed by atoms with Crippen LogP contribution in [-0.4, -0.2) is 9.97 Å². The zero-order valence-electron chi connectivity index (χ0n) is 9.65. The second-order valence-corrected chi connectivity index (χ2v) is 5.83. The fourth-order valence-corrected chi connectivity index (χ4v) is 3.36. The lowest BCUT2D eigenvalue weighted by molar-refractivity contribution is 0.693. The van der Waals surface area contributed by atoms with Crippen molar-refractivity contribution in [1.82, 2.24) is 9.97 Å². The van der Waals surface area contributed by atoms with Gasteiger partial charge in [0.1, 0.15) is 5.01 Å². The van der Waals surface area contributed by atoms with Crippen molar-refractivity contribution in [3.8, 4) is 10.6 Å². The van der Waals surface area contributed by atoms with Crippen LogP contribution in [0.1, 0.15) is 35.1 Å². The van der Waals surface area contributed by atoms with Crippen LogP contribution in [0.4, 0.5) is 0 Å². The van der Waals surface area contributed by atoms with Crippen LogP contribution in [0.25, 0.3) is 10.6 Å². The molecule has 2 aromatic rings. The van der Waals surface area contributed by atoms with Gasteiger partial charge in [0.25, 0.3) is 0 Å². The molecule has 0 saturated carbocycles. The summed E-state index contributed by atoms with van der Waals surface area (Å²) in [4.78, 5) is 10.2. The molecule has 0 bridgehead atoms. The molecule has 0 aliphatic heterocycles. The molecule has 0 amide bonds. The molecule has 2 aromatic heterocycles. The van der Waals surface area contributed by atoms with E-state index in [2.05, 4.69) is 22.3 Å². The molecule has 0 aliphatic carbocycles. The molecule has 1 atom stereocenters. The molecule has 0 fully saturated rings. The van der Waals surface area contributed by atoms with Gasteiger partial charge in [-0.3, -0.25) is 0 Å². The van der Waals surface area contributed by atoms with Crippen molar-refractivity contribution in [1.29, 1.82) is 0 Å². The number of rotatable bonds is 3. The standard InChI is InChI=1S/C11H15N3S2/c1-4-8(12)11-14-9(5-15-11)10-6(2)13-7(3)16-10/h5,8H,4,12H2,1-3H3. The molecule has 1 unspecified atom stereocenters. The first-order valence-corrected chi connectivity index (χ1v) is 6.96. The van der Waals surface area contributed by atoms with E-state index in [-0.39, 0.29) is 6.04 Å². The smallest absolute Gasteiger partial charge is 0.110 e. The molecule has 86 valence electrons. The van der Waals surface area contributed by atoms with Crippen molar-refractivity contribution >= 4 is 22.7 Å². The lowest BCUT2D eigenvalue weighted by atomic mass is 10.2. The van der Waals surface area contributed by atoms with Crippen LogP contribution in [0.2, 0.25) is 0 Å². The van der Waals surface area contributed by atoms with Gasteiger partial charge in [0, 0.05) is 5.38 Å². The molecule has 3 nitrogen and oxygen atoms in total. The van der Waals surface area contributed by atoms with Gasteiger partial charge in [-0.25, -0.2) is 9.97 Å². The van der Waals surface area contributed by atoms with E-state index in [0.717, 1.165) is 27.8 Å².